The van der Waals surface area contributed by atoms with Crippen LogP contribution in [0.4, 0.5) is 5.82 Å². The molecule has 1 amide bonds. The van der Waals surface area contributed by atoms with Crippen molar-refractivity contribution in [3.05, 3.63) is 58.6 Å². The van der Waals surface area contributed by atoms with Crippen LogP contribution in [0, 0.1) is 0 Å². The average Bonchev–Trinajstić information content (AvgIpc) is 2.82. The van der Waals surface area contributed by atoms with Crippen molar-refractivity contribution in [2.75, 3.05) is 31.1 Å². The number of piperidine rings is 2. The monoisotopic (exact) mass is 489 g/mol. The lowest BCUT2D eigenvalue weighted by Crippen LogP contribution is -2.49. The highest BCUT2D eigenvalue weighted by molar-refractivity contribution is 5.85. The number of carbonyl (C=O) groups is 1. The third-order valence-corrected chi connectivity index (χ3v) is 7.09. The van der Waals surface area contributed by atoms with Crippen molar-refractivity contribution in [2.45, 2.75) is 63.1 Å². The van der Waals surface area contributed by atoms with Gasteiger partial charge in [-0.05, 0) is 37.2 Å². The van der Waals surface area contributed by atoms with Crippen LogP contribution in [-0.2, 0) is 11.3 Å². The van der Waals surface area contributed by atoms with Gasteiger partial charge in [-0.2, -0.15) is 0 Å². The van der Waals surface area contributed by atoms with Gasteiger partial charge < -0.3 is 20.6 Å². The molecule has 8 nitrogen and oxygen atoms in total. The van der Waals surface area contributed by atoms with E-state index in [4.69, 9.17) is 5.73 Å². The molecule has 1 atom stereocenters. The lowest BCUT2D eigenvalue weighted by molar-refractivity contribution is -0.136. The lowest BCUT2D eigenvalue weighted by Gasteiger charge is -2.38. The number of amides is 1. The van der Waals surface area contributed by atoms with Crippen LogP contribution in [0.15, 0.2) is 47.5 Å². The Bertz CT molecular complexity index is 999. The van der Waals surface area contributed by atoms with Crippen LogP contribution >= 0.6 is 12.4 Å². The number of benzene rings is 1. The van der Waals surface area contributed by atoms with E-state index in [1.165, 1.54) is 10.9 Å². The number of rotatable bonds is 6. The molecule has 4 rings (SSSR count). The summed E-state index contributed by atoms with van der Waals surface area (Å²) >= 11 is 0. The summed E-state index contributed by atoms with van der Waals surface area (Å²) in [6, 6.07) is 11.8. The molecule has 0 saturated carbocycles. The van der Waals surface area contributed by atoms with E-state index in [1.54, 1.807) is 6.07 Å². The van der Waals surface area contributed by atoms with E-state index >= 15 is 0 Å². The normalized spacial score (nSPS) is 19.4. The zero-order chi connectivity index (χ0) is 23.4. The zero-order valence-corrected chi connectivity index (χ0v) is 20.6. The highest BCUT2D eigenvalue weighted by Crippen LogP contribution is 2.26. The molecule has 34 heavy (non-hydrogen) atoms. The molecule has 3 N–H and O–H groups in total. The van der Waals surface area contributed by atoms with Gasteiger partial charge in [-0.15, -0.1) is 12.4 Å². The van der Waals surface area contributed by atoms with E-state index in [0.717, 1.165) is 31.5 Å². The fourth-order valence-corrected chi connectivity index (χ4v) is 4.77. The first kappa shape index (κ1) is 26.2. The topological polar surface area (TPSA) is 105 Å². The van der Waals surface area contributed by atoms with Crippen LogP contribution in [0.2, 0.25) is 0 Å². The minimum absolute atomic E-state index is 0. The molecular weight excluding hydrogens is 454 g/mol. The van der Waals surface area contributed by atoms with Crippen molar-refractivity contribution in [1.82, 2.24) is 14.5 Å². The van der Waals surface area contributed by atoms with Gasteiger partial charge in [-0.25, -0.2) is 4.98 Å². The Labute approximate surface area is 207 Å². The molecule has 0 radical (unpaired) electrons. The van der Waals surface area contributed by atoms with Gasteiger partial charge in [0.2, 0.25) is 5.91 Å². The van der Waals surface area contributed by atoms with Gasteiger partial charge in [0.15, 0.2) is 0 Å². The van der Waals surface area contributed by atoms with Crippen LogP contribution in [-0.4, -0.2) is 63.3 Å². The van der Waals surface area contributed by atoms with E-state index < -0.39 is 5.60 Å². The molecule has 0 bridgehead atoms. The van der Waals surface area contributed by atoms with Crippen molar-refractivity contribution in [2.24, 2.45) is 5.73 Å². The Morgan fingerprint density at radius 1 is 1.18 bits per heavy atom. The van der Waals surface area contributed by atoms with Crippen molar-refractivity contribution >= 4 is 24.1 Å². The maximum absolute atomic E-state index is 12.8. The fraction of sp³-hybridized carbons (Fsp3) is 0.560. The predicted octanol–water partition coefficient (Wildman–Crippen LogP) is 2.14. The van der Waals surface area contributed by atoms with Gasteiger partial charge in [-0.1, -0.05) is 37.3 Å². The maximum Gasteiger partial charge on any atom is 0.255 e. The van der Waals surface area contributed by atoms with E-state index in [0.29, 0.717) is 38.2 Å². The highest BCUT2D eigenvalue weighted by Gasteiger charge is 2.35. The van der Waals surface area contributed by atoms with Crippen LogP contribution in [0.25, 0.3) is 0 Å². The number of anilines is 1. The first-order chi connectivity index (χ1) is 15.8. The molecule has 0 aliphatic carbocycles. The summed E-state index contributed by atoms with van der Waals surface area (Å²) < 4.78 is 1.48. The van der Waals surface area contributed by atoms with Gasteiger partial charge >= 0.3 is 0 Å². The third kappa shape index (κ3) is 6.37. The van der Waals surface area contributed by atoms with Gasteiger partial charge in [0.05, 0.1) is 18.5 Å². The molecule has 2 saturated heterocycles. The minimum atomic E-state index is -1.02. The van der Waals surface area contributed by atoms with E-state index in [9.17, 15) is 14.7 Å². The second-order valence-electron chi connectivity index (χ2n) is 9.66. The number of halogens is 1. The number of nitrogens with zero attached hydrogens (tertiary/aromatic N) is 4. The van der Waals surface area contributed by atoms with Crippen molar-refractivity contribution in [3.8, 4) is 0 Å². The van der Waals surface area contributed by atoms with Crippen molar-refractivity contribution in [3.63, 3.8) is 0 Å². The largest absolute Gasteiger partial charge is 0.388 e. The van der Waals surface area contributed by atoms with Crippen LogP contribution in [0.3, 0.4) is 0 Å². The number of carbonyl (C=O) groups excluding carboxylic acids is 1. The maximum atomic E-state index is 12.8. The third-order valence-electron chi connectivity index (χ3n) is 7.09. The number of hydrogen-bond acceptors (Lipinski definition) is 6. The number of nitrogens with two attached hydrogens (primary N) is 1. The summed E-state index contributed by atoms with van der Waals surface area (Å²) in [5, 5.41) is 11.1. The molecule has 2 aliphatic rings. The molecule has 9 heteroatoms. The minimum Gasteiger partial charge on any atom is -0.388 e. The second kappa shape index (κ2) is 11.3. The molecular formula is C25H36ClN5O3. The number of hydrogen-bond donors (Lipinski definition) is 2. The fourth-order valence-electron chi connectivity index (χ4n) is 4.77. The smallest absolute Gasteiger partial charge is 0.255 e. The lowest BCUT2D eigenvalue weighted by atomic mass is 9.90. The molecule has 2 fully saturated rings. The molecule has 3 heterocycles. The molecule has 2 aromatic rings. The van der Waals surface area contributed by atoms with Gasteiger partial charge in [0.1, 0.15) is 5.82 Å². The SMILES string of the molecule is CC(CC(=O)N1CCC(O)(Cn2cnc(N3CCC(N)CC3)cc2=O)CC1)c1ccccc1.Cl. The van der Waals surface area contributed by atoms with Gasteiger partial charge in [-0.3, -0.25) is 14.2 Å². The zero-order valence-electron chi connectivity index (χ0n) is 19.8. The van der Waals surface area contributed by atoms with Crippen molar-refractivity contribution < 1.29 is 9.90 Å². The molecule has 1 aromatic heterocycles. The van der Waals surface area contributed by atoms with Crippen LogP contribution in [0.1, 0.15) is 50.5 Å². The number of likely N-dealkylation sites (tertiary alicyclic amines) is 1. The molecule has 0 spiro atoms. The summed E-state index contributed by atoms with van der Waals surface area (Å²) in [4.78, 5) is 33.8. The molecule has 1 unspecified atom stereocenters. The second-order valence-corrected chi connectivity index (χ2v) is 9.66. The summed E-state index contributed by atoms with van der Waals surface area (Å²) in [5.41, 5.74) is 5.93. The average molecular weight is 490 g/mol. The molecule has 1 aromatic carbocycles. The number of aromatic nitrogens is 2. The van der Waals surface area contributed by atoms with Crippen molar-refractivity contribution in [1.29, 1.82) is 0 Å². The Morgan fingerprint density at radius 3 is 2.44 bits per heavy atom. The molecule has 186 valence electrons. The standard InChI is InChI=1S/C25H35N5O3.ClH/c1-19(20-5-3-2-4-6-20)15-23(31)29-13-9-25(33,10-14-29)17-30-18-27-22(16-24(30)32)28-11-7-21(26)8-12-28;/h2-6,16,18-19,21,33H,7-15,17,26H2,1H3;1H. The first-order valence-corrected chi connectivity index (χ1v) is 12.0. The summed E-state index contributed by atoms with van der Waals surface area (Å²) in [5.74, 6) is 0.930. The van der Waals surface area contributed by atoms with Gasteiger partial charge in [0, 0.05) is 44.7 Å². The Hall–Kier alpha value is -2.42. The van der Waals surface area contributed by atoms with Crippen LogP contribution in [0.5, 0.6) is 0 Å². The summed E-state index contributed by atoms with van der Waals surface area (Å²) in [6.07, 6.45) is 4.65. The predicted molar refractivity (Wildman–Crippen MR) is 135 cm³/mol. The first-order valence-electron chi connectivity index (χ1n) is 12.0. The Kier molecular flexibility index (Phi) is 8.73. The quantitative estimate of drug-likeness (QED) is 0.644. The highest BCUT2D eigenvalue weighted by atomic mass is 35.5. The van der Waals surface area contributed by atoms with Crippen LogP contribution < -0.4 is 16.2 Å². The Balaban J connectivity index is 0.00000324. The number of aliphatic hydroxyl groups is 1. The van der Waals surface area contributed by atoms with E-state index in [1.807, 2.05) is 35.2 Å². The van der Waals surface area contributed by atoms with E-state index in [2.05, 4.69) is 16.8 Å². The van der Waals surface area contributed by atoms with Gasteiger partial charge in [0.25, 0.3) is 5.56 Å². The van der Waals surface area contributed by atoms with E-state index in [-0.39, 0.29) is 42.4 Å². The summed E-state index contributed by atoms with van der Waals surface area (Å²) in [6.45, 7) is 4.83. The Morgan fingerprint density at radius 2 is 1.82 bits per heavy atom. The molecule has 2 aliphatic heterocycles. The summed E-state index contributed by atoms with van der Waals surface area (Å²) in [7, 11) is 0.